The normalized spacial score (nSPS) is 19.3. The SMILES string of the molecule is COc1ccc(CCC(=O)N2CCCC(C(C)N)C2)cc1OC. The minimum atomic E-state index is 0.149. The summed E-state index contributed by atoms with van der Waals surface area (Å²) in [5.74, 6) is 2.05. The van der Waals surface area contributed by atoms with Crippen molar-refractivity contribution in [2.24, 2.45) is 11.7 Å². The lowest BCUT2D eigenvalue weighted by Crippen LogP contribution is -2.45. The van der Waals surface area contributed by atoms with Crippen LogP contribution in [0.1, 0.15) is 31.7 Å². The zero-order chi connectivity index (χ0) is 16.8. The molecule has 0 spiro atoms. The van der Waals surface area contributed by atoms with Gasteiger partial charge >= 0.3 is 0 Å². The van der Waals surface area contributed by atoms with Gasteiger partial charge in [0.1, 0.15) is 0 Å². The number of hydrogen-bond acceptors (Lipinski definition) is 4. The van der Waals surface area contributed by atoms with E-state index in [1.165, 1.54) is 0 Å². The Balaban J connectivity index is 1.91. The predicted molar refractivity (Wildman–Crippen MR) is 90.8 cm³/mol. The third-order valence-corrected chi connectivity index (χ3v) is 4.63. The number of rotatable bonds is 6. The highest BCUT2D eigenvalue weighted by Gasteiger charge is 2.25. The third-order valence-electron chi connectivity index (χ3n) is 4.63. The van der Waals surface area contributed by atoms with Crippen LogP contribution in [0.5, 0.6) is 11.5 Å². The molecule has 1 fully saturated rings. The lowest BCUT2D eigenvalue weighted by atomic mass is 9.92. The second-order valence-electron chi connectivity index (χ2n) is 6.29. The molecule has 2 N–H and O–H groups in total. The molecule has 1 aromatic carbocycles. The molecular weight excluding hydrogens is 292 g/mol. The molecule has 2 unspecified atom stereocenters. The minimum Gasteiger partial charge on any atom is -0.493 e. The van der Waals surface area contributed by atoms with Gasteiger partial charge in [-0.1, -0.05) is 6.07 Å². The van der Waals surface area contributed by atoms with E-state index in [4.69, 9.17) is 15.2 Å². The van der Waals surface area contributed by atoms with Crippen LogP contribution < -0.4 is 15.2 Å². The molecule has 23 heavy (non-hydrogen) atoms. The predicted octanol–water partition coefficient (Wildman–Crippen LogP) is 2.22. The largest absolute Gasteiger partial charge is 0.493 e. The Morgan fingerprint density at radius 2 is 2.09 bits per heavy atom. The van der Waals surface area contributed by atoms with Gasteiger partial charge < -0.3 is 20.1 Å². The standard InChI is InChI=1S/C18H28N2O3/c1-13(19)15-5-4-10-20(12-15)18(21)9-7-14-6-8-16(22-2)17(11-14)23-3/h6,8,11,13,15H,4-5,7,9-10,12,19H2,1-3H3. The first-order valence-corrected chi connectivity index (χ1v) is 8.29. The molecule has 1 amide bonds. The quantitative estimate of drug-likeness (QED) is 0.873. The summed E-state index contributed by atoms with van der Waals surface area (Å²) in [4.78, 5) is 14.4. The average Bonchev–Trinajstić information content (AvgIpc) is 2.59. The Labute approximate surface area is 138 Å². The van der Waals surface area contributed by atoms with Crippen LogP contribution >= 0.6 is 0 Å². The number of methoxy groups -OCH3 is 2. The Bertz CT molecular complexity index is 531. The zero-order valence-electron chi connectivity index (χ0n) is 14.4. The van der Waals surface area contributed by atoms with E-state index >= 15 is 0 Å². The number of benzene rings is 1. The molecule has 1 aliphatic rings. The van der Waals surface area contributed by atoms with Gasteiger partial charge in [0.2, 0.25) is 5.91 Å². The molecule has 1 aromatic rings. The van der Waals surface area contributed by atoms with Crippen molar-refractivity contribution in [3.8, 4) is 11.5 Å². The van der Waals surface area contributed by atoms with Gasteiger partial charge in [0, 0.05) is 25.6 Å². The summed E-state index contributed by atoms with van der Waals surface area (Å²) in [6.45, 7) is 3.68. The Morgan fingerprint density at radius 1 is 1.35 bits per heavy atom. The highest BCUT2D eigenvalue weighted by Crippen LogP contribution is 2.28. The van der Waals surface area contributed by atoms with Crippen molar-refractivity contribution in [1.29, 1.82) is 0 Å². The van der Waals surface area contributed by atoms with Crippen molar-refractivity contribution in [3.05, 3.63) is 23.8 Å². The summed E-state index contributed by atoms with van der Waals surface area (Å²) in [6.07, 6.45) is 3.39. The van der Waals surface area contributed by atoms with Gasteiger partial charge in [-0.25, -0.2) is 0 Å². The minimum absolute atomic E-state index is 0.149. The van der Waals surface area contributed by atoms with Crippen molar-refractivity contribution in [2.45, 2.75) is 38.6 Å². The first-order valence-electron chi connectivity index (χ1n) is 8.29. The lowest BCUT2D eigenvalue weighted by Gasteiger charge is -2.34. The molecule has 128 valence electrons. The van der Waals surface area contributed by atoms with Gasteiger partial charge in [0.15, 0.2) is 11.5 Å². The molecule has 0 bridgehead atoms. The van der Waals surface area contributed by atoms with E-state index in [1.807, 2.05) is 30.0 Å². The van der Waals surface area contributed by atoms with Crippen LogP contribution in [0.15, 0.2) is 18.2 Å². The Kier molecular flexibility index (Phi) is 6.28. The van der Waals surface area contributed by atoms with Gasteiger partial charge in [-0.15, -0.1) is 0 Å². The highest BCUT2D eigenvalue weighted by atomic mass is 16.5. The summed E-state index contributed by atoms with van der Waals surface area (Å²) in [5.41, 5.74) is 7.07. The molecule has 1 heterocycles. The fourth-order valence-electron chi connectivity index (χ4n) is 3.11. The number of carbonyl (C=O) groups excluding carboxylic acids is 1. The molecule has 5 nitrogen and oxygen atoms in total. The van der Waals surface area contributed by atoms with E-state index in [0.29, 0.717) is 30.3 Å². The van der Waals surface area contributed by atoms with E-state index in [0.717, 1.165) is 31.5 Å². The van der Waals surface area contributed by atoms with Gasteiger partial charge in [-0.05, 0) is 49.8 Å². The molecule has 0 radical (unpaired) electrons. The maximum Gasteiger partial charge on any atom is 0.222 e. The monoisotopic (exact) mass is 320 g/mol. The Morgan fingerprint density at radius 3 is 2.74 bits per heavy atom. The van der Waals surface area contributed by atoms with E-state index < -0.39 is 0 Å². The van der Waals surface area contributed by atoms with Crippen LogP contribution in [-0.4, -0.2) is 44.2 Å². The van der Waals surface area contributed by atoms with E-state index in [-0.39, 0.29) is 11.9 Å². The molecule has 0 aliphatic carbocycles. The molecule has 1 saturated heterocycles. The summed E-state index contributed by atoms with van der Waals surface area (Å²) in [5, 5.41) is 0. The maximum absolute atomic E-state index is 12.4. The highest BCUT2D eigenvalue weighted by molar-refractivity contribution is 5.76. The fraction of sp³-hybridized carbons (Fsp3) is 0.611. The summed E-state index contributed by atoms with van der Waals surface area (Å²) in [7, 11) is 3.24. The first-order chi connectivity index (χ1) is 11.0. The first kappa shape index (κ1) is 17.6. The summed E-state index contributed by atoms with van der Waals surface area (Å²) in [6, 6.07) is 5.95. The van der Waals surface area contributed by atoms with Gasteiger partial charge in [-0.2, -0.15) is 0 Å². The van der Waals surface area contributed by atoms with Crippen LogP contribution in [-0.2, 0) is 11.2 Å². The molecule has 0 saturated carbocycles. The molecule has 2 rings (SSSR count). The van der Waals surface area contributed by atoms with Crippen LogP contribution in [0.4, 0.5) is 0 Å². The van der Waals surface area contributed by atoms with Crippen molar-refractivity contribution in [3.63, 3.8) is 0 Å². The number of likely N-dealkylation sites (tertiary alicyclic amines) is 1. The second-order valence-corrected chi connectivity index (χ2v) is 6.29. The van der Waals surface area contributed by atoms with Crippen LogP contribution in [0, 0.1) is 5.92 Å². The van der Waals surface area contributed by atoms with E-state index in [1.54, 1.807) is 14.2 Å². The van der Waals surface area contributed by atoms with Crippen LogP contribution in [0.25, 0.3) is 0 Å². The number of nitrogens with two attached hydrogens (primary N) is 1. The number of carbonyl (C=O) groups is 1. The van der Waals surface area contributed by atoms with E-state index in [9.17, 15) is 4.79 Å². The summed E-state index contributed by atoms with van der Waals surface area (Å²) < 4.78 is 10.5. The van der Waals surface area contributed by atoms with Crippen molar-refractivity contribution >= 4 is 5.91 Å². The average molecular weight is 320 g/mol. The Hall–Kier alpha value is -1.75. The number of piperidine rings is 1. The van der Waals surface area contributed by atoms with Crippen molar-refractivity contribution in [2.75, 3.05) is 27.3 Å². The topological polar surface area (TPSA) is 64.8 Å². The molecule has 1 aliphatic heterocycles. The van der Waals surface area contributed by atoms with Crippen LogP contribution in [0.2, 0.25) is 0 Å². The lowest BCUT2D eigenvalue weighted by molar-refractivity contribution is -0.133. The number of aryl methyl sites for hydroxylation is 1. The zero-order valence-corrected chi connectivity index (χ0v) is 14.4. The van der Waals surface area contributed by atoms with Gasteiger partial charge in [-0.3, -0.25) is 4.79 Å². The molecule has 2 atom stereocenters. The van der Waals surface area contributed by atoms with Gasteiger partial charge in [0.05, 0.1) is 14.2 Å². The molecular formula is C18H28N2O3. The number of amides is 1. The fourth-order valence-corrected chi connectivity index (χ4v) is 3.11. The smallest absolute Gasteiger partial charge is 0.222 e. The van der Waals surface area contributed by atoms with Crippen LogP contribution in [0.3, 0.4) is 0 Å². The number of nitrogens with zero attached hydrogens (tertiary/aromatic N) is 1. The van der Waals surface area contributed by atoms with Gasteiger partial charge in [0.25, 0.3) is 0 Å². The van der Waals surface area contributed by atoms with Crippen molar-refractivity contribution in [1.82, 2.24) is 4.90 Å². The van der Waals surface area contributed by atoms with Crippen molar-refractivity contribution < 1.29 is 14.3 Å². The molecule has 5 heteroatoms. The molecule has 0 aromatic heterocycles. The third kappa shape index (κ3) is 4.61. The maximum atomic E-state index is 12.4. The number of ether oxygens (including phenoxy) is 2. The second kappa shape index (κ2) is 8.20. The van der Waals surface area contributed by atoms with E-state index in [2.05, 4.69) is 0 Å². The number of hydrogen-bond donors (Lipinski definition) is 1. The summed E-state index contributed by atoms with van der Waals surface area (Å²) >= 11 is 0.